The van der Waals surface area contributed by atoms with Crippen molar-refractivity contribution in [1.82, 2.24) is 9.55 Å². The van der Waals surface area contributed by atoms with Gasteiger partial charge in [0, 0.05) is 19.0 Å². The number of aryl methyl sites for hydroxylation is 1. The van der Waals surface area contributed by atoms with Gasteiger partial charge >= 0.3 is 0 Å². The zero-order chi connectivity index (χ0) is 14.7. The number of fused-ring (bicyclic) bond motifs is 1. The number of hydrogen-bond donors (Lipinski definition) is 0. The fraction of sp³-hybridized carbons (Fsp3) is 0.278. The van der Waals surface area contributed by atoms with Gasteiger partial charge in [0.15, 0.2) is 0 Å². The molecule has 3 rings (SSSR count). The van der Waals surface area contributed by atoms with Crippen LogP contribution in [0.5, 0.6) is 0 Å². The van der Waals surface area contributed by atoms with E-state index >= 15 is 0 Å². The lowest BCUT2D eigenvalue weighted by Crippen LogP contribution is -2.11. The average Bonchev–Trinajstić information content (AvgIpc) is 2.99. The monoisotopic (exact) mass is 280 g/mol. The van der Waals surface area contributed by atoms with Crippen LogP contribution in [0.2, 0.25) is 0 Å². The number of nitrogens with zero attached hydrogens (tertiary/aromatic N) is 2. The second-order valence-electron chi connectivity index (χ2n) is 5.31. The van der Waals surface area contributed by atoms with Gasteiger partial charge in [-0.05, 0) is 36.2 Å². The van der Waals surface area contributed by atoms with Gasteiger partial charge in [-0.2, -0.15) is 0 Å². The highest BCUT2D eigenvalue weighted by Crippen LogP contribution is 2.25. The lowest BCUT2D eigenvalue weighted by atomic mass is 10.0. The van der Waals surface area contributed by atoms with Gasteiger partial charge in [-0.3, -0.25) is 0 Å². The maximum atomic E-state index is 5.93. The molecule has 1 heterocycles. The Morgan fingerprint density at radius 3 is 2.71 bits per heavy atom. The Balaban J connectivity index is 1.92. The van der Waals surface area contributed by atoms with E-state index in [1.54, 1.807) is 6.20 Å². The van der Waals surface area contributed by atoms with Gasteiger partial charge in [-0.25, -0.2) is 4.98 Å². The Morgan fingerprint density at radius 1 is 1.14 bits per heavy atom. The van der Waals surface area contributed by atoms with Crippen LogP contribution < -0.4 is 0 Å². The number of imidazole rings is 1. The lowest BCUT2D eigenvalue weighted by Gasteiger charge is -2.18. The van der Waals surface area contributed by atoms with Crippen molar-refractivity contribution >= 4 is 10.8 Å². The average molecular weight is 280 g/mol. The number of hydrogen-bond acceptors (Lipinski definition) is 2. The molecule has 0 fully saturated rings. The number of rotatable bonds is 5. The van der Waals surface area contributed by atoms with Gasteiger partial charge in [-0.15, -0.1) is 0 Å². The summed E-state index contributed by atoms with van der Waals surface area (Å²) < 4.78 is 7.98. The minimum absolute atomic E-state index is 0.0508. The number of ether oxygens (including phenoxy) is 1. The molecule has 0 aliphatic carbocycles. The van der Waals surface area contributed by atoms with Crippen LogP contribution in [0.1, 0.15) is 24.2 Å². The lowest BCUT2D eigenvalue weighted by molar-refractivity contribution is 0.0498. The van der Waals surface area contributed by atoms with Gasteiger partial charge < -0.3 is 9.30 Å². The molecule has 0 saturated heterocycles. The molecule has 21 heavy (non-hydrogen) atoms. The maximum Gasteiger partial charge on any atom is 0.100 e. The molecule has 1 aromatic heterocycles. The van der Waals surface area contributed by atoms with Crippen LogP contribution in [0.25, 0.3) is 10.8 Å². The zero-order valence-corrected chi connectivity index (χ0v) is 12.5. The molecule has 0 spiro atoms. The standard InChI is InChI=1S/C18H20N2O/c1-3-21-18(12-20-9-8-19-13-20)17-7-6-15-10-14(2)4-5-16(15)11-17/h4-11,13,18H,3,12H2,1-2H3. The third-order valence-corrected chi connectivity index (χ3v) is 3.70. The molecule has 1 atom stereocenters. The summed E-state index contributed by atoms with van der Waals surface area (Å²) in [6, 6.07) is 13.1. The predicted molar refractivity (Wildman–Crippen MR) is 85.3 cm³/mol. The topological polar surface area (TPSA) is 27.1 Å². The summed E-state index contributed by atoms with van der Waals surface area (Å²) in [5, 5.41) is 2.53. The molecule has 2 aromatic carbocycles. The summed E-state index contributed by atoms with van der Waals surface area (Å²) in [6.45, 7) is 5.64. The molecular weight excluding hydrogens is 260 g/mol. The van der Waals surface area contributed by atoms with Crippen LogP contribution in [-0.2, 0) is 11.3 Å². The number of aromatic nitrogens is 2. The highest BCUT2D eigenvalue weighted by Gasteiger charge is 2.12. The largest absolute Gasteiger partial charge is 0.372 e. The van der Waals surface area contributed by atoms with Crippen molar-refractivity contribution in [2.75, 3.05) is 6.61 Å². The fourth-order valence-electron chi connectivity index (χ4n) is 2.63. The smallest absolute Gasteiger partial charge is 0.100 e. The van der Waals surface area contributed by atoms with Gasteiger partial charge in [0.25, 0.3) is 0 Å². The molecule has 0 saturated carbocycles. The van der Waals surface area contributed by atoms with Crippen molar-refractivity contribution in [2.45, 2.75) is 26.5 Å². The van der Waals surface area contributed by atoms with E-state index < -0.39 is 0 Å². The molecule has 0 radical (unpaired) electrons. The van der Waals surface area contributed by atoms with E-state index in [0.29, 0.717) is 6.61 Å². The van der Waals surface area contributed by atoms with E-state index in [1.807, 2.05) is 19.4 Å². The Labute approximate surface area is 125 Å². The summed E-state index contributed by atoms with van der Waals surface area (Å²) in [5.41, 5.74) is 2.50. The Morgan fingerprint density at radius 2 is 1.95 bits per heavy atom. The van der Waals surface area contributed by atoms with Crippen molar-refractivity contribution < 1.29 is 4.74 Å². The molecule has 0 bridgehead atoms. The third kappa shape index (κ3) is 3.14. The molecule has 108 valence electrons. The highest BCUT2D eigenvalue weighted by atomic mass is 16.5. The first-order valence-corrected chi connectivity index (χ1v) is 7.34. The quantitative estimate of drug-likeness (QED) is 0.703. The maximum absolute atomic E-state index is 5.93. The first-order valence-electron chi connectivity index (χ1n) is 7.34. The molecule has 3 aromatic rings. The third-order valence-electron chi connectivity index (χ3n) is 3.70. The normalized spacial score (nSPS) is 12.7. The van der Waals surface area contributed by atoms with Gasteiger partial charge in [0.2, 0.25) is 0 Å². The Hall–Kier alpha value is -2.13. The van der Waals surface area contributed by atoms with E-state index in [4.69, 9.17) is 4.74 Å². The van der Waals surface area contributed by atoms with Crippen molar-refractivity contribution in [3.05, 3.63) is 66.2 Å². The summed E-state index contributed by atoms with van der Waals surface area (Å²) in [5.74, 6) is 0. The summed E-state index contributed by atoms with van der Waals surface area (Å²) in [6.07, 6.45) is 5.65. The summed E-state index contributed by atoms with van der Waals surface area (Å²) in [4.78, 5) is 4.10. The Kier molecular flexibility index (Phi) is 4.02. The van der Waals surface area contributed by atoms with Gasteiger partial charge in [-0.1, -0.05) is 35.9 Å². The van der Waals surface area contributed by atoms with E-state index in [1.165, 1.54) is 21.9 Å². The molecular formula is C18H20N2O. The van der Waals surface area contributed by atoms with Crippen molar-refractivity contribution in [1.29, 1.82) is 0 Å². The fourth-order valence-corrected chi connectivity index (χ4v) is 2.63. The molecule has 0 aliphatic heterocycles. The summed E-state index contributed by atoms with van der Waals surface area (Å²) in [7, 11) is 0. The minimum Gasteiger partial charge on any atom is -0.372 e. The van der Waals surface area contributed by atoms with Crippen molar-refractivity contribution in [3.63, 3.8) is 0 Å². The molecule has 0 N–H and O–H groups in total. The first-order chi connectivity index (χ1) is 10.3. The molecule has 3 heteroatoms. The van der Waals surface area contributed by atoms with E-state index in [0.717, 1.165) is 6.54 Å². The zero-order valence-electron chi connectivity index (χ0n) is 12.5. The second-order valence-corrected chi connectivity index (χ2v) is 5.31. The predicted octanol–water partition coefficient (Wildman–Crippen LogP) is 4.12. The minimum atomic E-state index is 0.0508. The highest BCUT2D eigenvalue weighted by molar-refractivity contribution is 5.83. The van der Waals surface area contributed by atoms with Gasteiger partial charge in [0.05, 0.1) is 12.9 Å². The van der Waals surface area contributed by atoms with E-state index in [-0.39, 0.29) is 6.10 Å². The van der Waals surface area contributed by atoms with Crippen molar-refractivity contribution in [3.8, 4) is 0 Å². The molecule has 1 unspecified atom stereocenters. The Bertz CT molecular complexity index is 719. The SMILES string of the molecule is CCOC(Cn1ccnc1)c1ccc2cc(C)ccc2c1. The second kappa shape index (κ2) is 6.10. The first kappa shape index (κ1) is 13.8. The van der Waals surface area contributed by atoms with Crippen molar-refractivity contribution in [2.24, 2.45) is 0 Å². The summed E-state index contributed by atoms with van der Waals surface area (Å²) >= 11 is 0. The molecule has 3 nitrogen and oxygen atoms in total. The van der Waals surface area contributed by atoms with Crippen LogP contribution in [-0.4, -0.2) is 16.2 Å². The van der Waals surface area contributed by atoms with Gasteiger partial charge in [0.1, 0.15) is 6.10 Å². The van der Waals surface area contributed by atoms with Crippen LogP contribution in [0, 0.1) is 6.92 Å². The van der Waals surface area contributed by atoms with Crippen LogP contribution in [0.3, 0.4) is 0 Å². The van der Waals surface area contributed by atoms with E-state index in [2.05, 4.69) is 52.9 Å². The van der Waals surface area contributed by atoms with Crippen LogP contribution >= 0.6 is 0 Å². The molecule has 0 aliphatic rings. The molecule has 0 amide bonds. The van der Waals surface area contributed by atoms with Crippen LogP contribution in [0.15, 0.2) is 55.1 Å². The van der Waals surface area contributed by atoms with Crippen LogP contribution in [0.4, 0.5) is 0 Å². The van der Waals surface area contributed by atoms with E-state index in [9.17, 15) is 0 Å². The number of benzene rings is 2.